The van der Waals surface area contributed by atoms with Crippen LogP contribution in [0.3, 0.4) is 0 Å². The monoisotopic (exact) mass is 450 g/mol. The van der Waals surface area contributed by atoms with Crippen LogP contribution in [0.2, 0.25) is 0 Å². The van der Waals surface area contributed by atoms with Crippen LogP contribution >= 0.6 is 0 Å². The zero-order valence-electron chi connectivity index (χ0n) is 17.3. The first-order valence-corrected chi connectivity index (χ1v) is 12.7. The highest BCUT2D eigenvalue weighted by Crippen LogP contribution is 2.36. The van der Waals surface area contributed by atoms with Crippen LogP contribution in [0.15, 0.2) is 53.4 Å². The van der Waals surface area contributed by atoms with Gasteiger partial charge in [-0.25, -0.2) is 25.9 Å². The molecule has 30 heavy (non-hydrogen) atoms. The lowest BCUT2D eigenvalue weighted by Crippen LogP contribution is -2.33. The zero-order chi connectivity index (χ0) is 22.2. The predicted molar refractivity (Wildman–Crippen MR) is 116 cm³/mol. The second-order valence-corrected chi connectivity index (χ2v) is 11.7. The number of nitrogens with one attached hydrogen (secondary N) is 1. The van der Waals surface area contributed by atoms with E-state index < -0.39 is 31.4 Å². The van der Waals surface area contributed by atoms with Crippen molar-refractivity contribution in [3.63, 3.8) is 0 Å². The van der Waals surface area contributed by atoms with Gasteiger partial charge in [0.15, 0.2) is 0 Å². The number of carbonyl (C=O) groups is 1. The minimum atomic E-state index is -3.79. The van der Waals surface area contributed by atoms with Crippen LogP contribution in [-0.2, 0) is 31.3 Å². The highest BCUT2D eigenvalue weighted by Gasteiger charge is 2.50. The molecular weight excluding hydrogens is 424 g/mol. The molecule has 1 fully saturated rings. The van der Waals surface area contributed by atoms with E-state index in [0.29, 0.717) is 12.0 Å². The molecule has 0 aliphatic carbocycles. The molecule has 1 aliphatic heterocycles. The summed E-state index contributed by atoms with van der Waals surface area (Å²) in [5, 5.41) is 0. The number of amides is 1. The molecule has 1 heterocycles. The van der Waals surface area contributed by atoms with Gasteiger partial charge in [-0.1, -0.05) is 30.3 Å². The topological polar surface area (TPSA) is 101 Å². The van der Waals surface area contributed by atoms with Crippen molar-refractivity contribution in [1.82, 2.24) is 4.72 Å². The molecule has 162 valence electrons. The Morgan fingerprint density at radius 2 is 1.77 bits per heavy atom. The van der Waals surface area contributed by atoms with Crippen LogP contribution in [-0.4, -0.2) is 35.0 Å². The van der Waals surface area contributed by atoms with E-state index in [1.807, 2.05) is 30.3 Å². The number of nitrogens with zero attached hydrogens (tertiary/aromatic N) is 1. The Morgan fingerprint density at radius 1 is 1.10 bits per heavy atom. The van der Waals surface area contributed by atoms with E-state index in [2.05, 4.69) is 4.72 Å². The van der Waals surface area contributed by atoms with Gasteiger partial charge in [0, 0.05) is 6.54 Å². The quantitative estimate of drug-likeness (QED) is 0.654. The fourth-order valence-corrected chi connectivity index (χ4v) is 6.94. The number of benzene rings is 2. The Morgan fingerprint density at radius 3 is 2.33 bits per heavy atom. The average Bonchev–Trinajstić information content (AvgIpc) is 2.82. The summed E-state index contributed by atoms with van der Waals surface area (Å²) in [6, 6.07) is 13.9. The fourth-order valence-electron chi connectivity index (χ4n) is 3.54. The number of hydrogen-bond donors (Lipinski definition) is 1. The normalized spacial score (nSPS) is 18.0. The Kier molecular flexibility index (Phi) is 6.08. The van der Waals surface area contributed by atoms with E-state index in [-0.39, 0.29) is 22.9 Å². The SMILES string of the molecule is Cc1cc(N2C(=O)C(C)(C)CS2(=O)=O)ccc1S(=O)(=O)NCCCc1ccccc1. The van der Waals surface area contributed by atoms with Gasteiger partial charge in [-0.2, -0.15) is 0 Å². The number of aryl methyl sites for hydroxylation is 2. The number of hydrogen-bond acceptors (Lipinski definition) is 5. The lowest BCUT2D eigenvalue weighted by Gasteiger charge is -2.19. The van der Waals surface area contributed by atoms with Gasteiger partial charge in [0.05, 0.1) is 21.8 Å². The fraction of sp³-hybridized carbons (Fsp3) is 0.381. The summed E-state index contributed by atoms with van der Waals surface area (Å²) in [6.45, 7) is 5.03. The lowest BCUT2D eigenvalue weighted by atomic mass is 9.95. The van der Waals surface area contributed by atoms with Crippen LogP contribution in [0.25, 0.3) is 0 Å². The molecule has 0 bridgehead atoms. The maximum Gasteiger partial charge on any atom is 0.247 e. The first kappa shape index (κ1) is 22.5. The molecule has 0 spiro atoms. The average molecular weight is 451 g/mol. The maximum absolute atomic E-state index is 12.7. The molecule has 7 nitrogen and oxygen atoms in total. The van der Waals surface area contributed by atoms with Crippen molar-refractivity contribution >= 4 is 31.6 Å². The number of rotatable bonds is 7. The van der Waals surface area contributed by atoms with Gasteiger partial charge in [-0.05, 0) is 62.9 Å². The van der Waals surface area contributed by atoms with E-state index in [4.69, 9.17) is 0 Å². The van der Waals surface area contributed by atoms with Gasteiger partial charge < -0.3 is 0 Å². The predicted octanol–water partition coefficient (Wildman–Crippen LogP) is 2.61. The van der Waals surface area contributed by atoms with E-state index in [9.17, 15) is 21.6 Å². The first-order chi connectivity index (χ1) is 13.9. The summed E-state index contributed by atoms with van der Waals surface area (Å²) >= 11 is 0. The third-order valence-electron chi connectivity index (χ3n) is 5.04. The molecular formula is C21H26N2O5S2. The summed E-state index contributed by atoms with van der Waals surface area (Å²) in [5.41, 5.74) is 0.649. The van der Waals surface area contributed by atoms with Crippen LogP contribution in [0.4, 0.5) is 5.69 Å². The molecule has 0 unspecified atom stereocenters. The van der Waals surface area contributed by atoms with Crippen molar-refractivity contribution in [1.29, 1.82) is 0 Å². The Labute approximate surface area is 178 Å². The number of anilines is 1. The van der Waals surface area contributed by atoms with Gasteiger partial charge in [-0.3, -0.25) is 4.79 Å². The second kappa shape index (κ2) is 8.13. The molecule has 2 aromatic carbocycles. The van der Waals surface area contributed by atoms with E-state index in [0.717, 1.165) is 16.3 Å². The molecule has 3 rings (SSSR count). The Bertz CT molecular complexity index is 1160. The molecule has 0 atom stereocenters. The summed E-state index contributed by atoms with van der Waals surface area (Å²) in [7, 11) is -7.54. The minimum absolute atomic E-state index is 0.0641. The molecule has 1 amide bonds. The molecule has 0 aromatic heterocycles. The van der Waals surface area contributed by atoms with Crippen LogP contribution in [0, 0.1) is 12.3 Å². The third kappa shape index (κ3) is 4.58. The third-order valence-corrected chi connectivity index (χ3v) is 8.69. The van der Waals surface area contributed by atoms with E-state index in [1.54, 1.807) is 20.8 Å². The standard InChI is InChI=1S/C21H26N2O5S2/c1-16-14-18(23-20(24)21(2,3)15-29(23,25)26)11-12-19(16)30(27,28)22-13-7-10-17-8-5-4-6-9-17/h4-6,8-9,11-12,14,22H,7,10,13,15H2,1-3H3. The molecule has 2 aromatic rings. The van der Waals surface area contributed by atoms with Crippen molar-refractivity contribution < 1.29 is 21.6 Å². The Balaban J connectivity index is 1.73. The van der Waals surface area contributed by atoms with E-state index >= 15 is 0 Å². The second-order valence-electron chi connectivity index (χ2n) is 8.15. The molecule has 1 saturated heterocycles. The molecule has 1 N–H and O–H groups in total. The van der Waals surface area contributed by atoms with Gasteiger partial charge in [0.1, 0.15) is 0 Å². The van der Waals surface area contributed by atoms with Gasteiger partial charge in [0.25, 0.3) is 0 Å². The number of carbonyl (C=O) groups excluding carboxylic acids is 1. The number of sulfonamides is 2. The first-order valence-electron chi connectivity index (χ1n) is 9.66. The van der Waals surface area contributed by atoms with Crippen molar-refractivity contribution in [2.75, 3.05) is 16.6 Å². The largest absolute Gasteiger partial charge is 0.273 e. The van der Waals surface area contributed by atoms with Crippen molar-refractivity contribution in [2.24, 2.45) is 5.41 Å². The molecule has 1 aliphatic rings. The van der Waals surface area contributed by atoms with Crippen molar-refractivity contribution in [2.45, 2.75) is 38.5 Å². The zero-order valence-corrected chi connectivity index (χ0v) is 18.9. The van der Waals surface area contributed by atoms with Crippen LogP contribution in [0.5, 0.6) is 0 Å². The summed E-state index contributed by atoms with van der Waals surface area (Å²) in [5.74, 6) is -0.794. The van der Waals surface area contributed by atoms with Gasteiger partial charge in [-0.15, -0.1) is 0 Å². The summed E-state index contributed by atoms with van der Waals surface area (Å²) in [6.07, 6.45) is 1.40. The maximum atomic E-state index is 12.7. The van der Waals surface area contributed by atoms with Gasteiger partial charge in [0.2, 0.25) is 26.0 Å². The van der Waals surface area contributed by atoms with Crippen LogP contribution < -0.4 is 9.03 Å². The lowest BCUT2D eigenvalue weighted by molar-refractivity contribution is -0.123. The van der Waals surface area contributed by atoms with Crippen molar-refractivity contribution in [3.05, 3.63) is 59.7 Å². The van der Waals surface area contributed by atoms with E-state index in [1.165, 1.54) is 18.2 Å². The molecule has 9 heteroatoms. The molecule has 0 radical (unpaired) electrons. The highest BCUT2D eigenvalue weighted by atomic mass is 32.2. The van der Waals surface area contributed by atoms with Gasteiger partial charge >= 0.3 is 0 Å². The minimum Gasteiger partial charge on any atom is -0.273 e. The summed E-state index contributed by atoms with van der Waals surface area (Å²) in [4.78, 5) is 12.6. The Hall–Kier alpha value is -2.23. The summed E-state index contributed by atoms with van der Waals surface area (Å²) < 4.78 is 53.6. The van der Waals surface area contributed by atoms with Crippen LogP contribution in [0.1, 0.15) is 31.4 Å². The molecule has 0 saturated carbocycles. The van der Waals surface area contributed by atoms with Crippen molar-refractivity contribution in [3.8, 4) is 0 Å². The highest BCUT2D eigenvalue weighted by molar-refractivity contribution is 7.94. The smallest absolute Gasteiger partial charge is 0.247 e.